The van der Waals surface area contributed by atoms with Crippen molar-refractivity contribution in [3.05, 3.63) is 83.5 Å². The number of H-pyrrole nitrogens is 1. The average Bonchev–Trinajstić information content (AvgIpc) is 3.95. The third-order valence-electron chi connectivity index (χ3n) is 11.5. The van der Waals surface area contributed by atoms with E-state index >= 15 is 0 Å². The summed E-state index contributed by atoms with van der Waals surface area (Å²) in [5, 5.41) is 31.1. The van der Waals surface area contributed by atoms with Crippen LogP contribution in [0.2, 0.25) is 0 Å². The predicted octanol–water partition coefficient (Wildman–Crippen LogP) is 5.64. The van der Waals surface area contributed by atoms with Crippen LogP contribution >= 0.6 is 0 Å². The highest BCUT2D eigenvalue weighted by molar-refractivity contribution is 6.58. The van der Waals surface area contributed by atoms with E-state index in [2.05, 4.69) is 67.6 Å². The van der Waals surface area contributed by atoms with Crippen molar-refractivity contribution in [2.45, 2.75) is 91.3 Å². The van der Waals surface area contributed by atoms with E-state index in [0.717, 1.165) is 91.5 Å². The standard InChI is InChI=1S/C23H28FN5O3.C18H26N4O3.C5H5BFNO2/c1-5-32-23(30)17-13-18(28-10-7-16(31-4)8-11-28)20-21(14(2)3)27-29(22(20)26-17)15-6-9-25-19(24)12-15;1-5-25-18(23)13-10-14(22-8-6-12(24-4)7-9-22)15-16(11(2)3)20-21-17(15)19-13;7-5-3-4(6(9)10)1-2-8-5/h6,9,12-14,16H,5,7-8,10-11H2,1-4H3;10-12H,5-9H2,1-4H3,(H,19,20,21);1-3,9-10H. The Labute approximate surface area is 388 Å². The van der Waals surface area contributed by atoms with Crippen molar-refractivity contribution in [1.29, 1.82) is 0 Å². The summed E-state index contributed by atoms with van der Waals surface area (Å²) in [7, 11) is 1.87. The van der Waals surface area contributed by atoms with Gasteiger partial charge in [0.2, 0.25) is 11.9 Å². The SMILES string of the molecule is CCOC(=O)c1cc(N2CCC(OC)CC2)c2c(C(C)C)[nH]nc2n1.CCOC(=O)c1cc(N2CCC(OC)CC2)c2c(C(C)C)nn(-c3ccnc(F)c3)c2n1.OB(O)c1ccnc(F)c1. The first kappa shape index (κ1) is 50.3. The summed E-state index contributed by atoms with van der Waals surface area (Å²) in [6, 6.07) is 8.90. The number of anilines is 2. The van der Waals surface area contributed by atoms with E-state index in [-0.39, 0.29) is 35.7 Å². The quantitative estimate of drug-likeness (QED) is 0.0769. The fraction of sp³-hybridized carbons (Fsp3) is 0.478. The van der Waals surface area contributed by atoms with Gasteiger partial charge in [-0.05, 0) is 87.2 Å². The van der Waals surface area contributed by atoms with Crippen molar-refractivity contribution in [2.24, 2.45) is 0 Å². The van der Waals surface area contributed by atoms with Crippen LogP contribution < -0.4 is 15.3 Å². The van der Waals surface area contributed by atoms with E-state index in [1.54, 1.807) is 44.9 Å². The van der Waals surface area contributed by atoms with Crippen molar-refractivity contribution in [2.75, 3.05) is 63.4 Å². The molecule has 67 heavy (non-hydrogen) atoms. The fourth-order valence-corrected chi connectivity index (χ4v) is 8.04. The zero-order chi connectivity index (χ0) is 48.4. The molecule has 0 bridgehead atoms. The number of methoxy groups -OCH3 is 2. The Morgan fingerprint density at radius 1 is 0.761 bits per heavy atom. The maximum Gasteiger partial charge on any atom is 0.488 e. The highest BCUT2D eigenvalue weighted by Gasteiger charge is 2.29. The highest BCUT2D eigenvalue weighted by Crippen LogP contribution is 2.37. The summed E-state index contributed by atoms with van der Waals surface area (Å²) in [5.74, 6) is -1.86. The lowest BCUT2D eigenvalue weighted by Gasteiger charge is -2.33. The average molecular weight is 929 g/mol. The van der Waals surface area contributed by atoms with Crippen LogP contribution in [0.3, 0.4) is 0 Å². The molecule has 0 radical (unpaired) electrons. The number of ether oxygens (including phenoxy) is 4. The Balaban J connectivity index is 0.000000187. The van der Waals surface area contributed by atoms with Crippen LogP contribution in [0.5, 0.6) is 0 Å². The number of aromatic nitrogens is 8. The molecule has 358 valence electrons. The largest absolute Gasteiger partial charge is 0.488 e. The molecule has 2 aliphatic rings. The molecular weight excluding hydrogens is 869 g/mol. The minimum Gasteiger partial charge on any atom is -0.461 e. The van der Waals surface area contributed by atoms with E-state index in [0.29, 0.717) is 35.4 Å². The van der Waals surface area contributed by atoms with Gasteiger partial charge in [0.1, 0.15) is 0 Å². The number of aromatic amines is 1. The van der Waals surface area contributed by atoms with Crippen molar-refractivity contribution >= 4 is 58.0 Å². The third kappa shape index (κ3) is 12.1. The molecule has 0 aromatic carbocycles. The summed E-state index contributed by atoms with van der Waals surface area (Å²) in [6.07, 6.45) is 6.77. The van der Waals surface area contributed by atoms with Gasteiger partial charge in [-0.1, -0.05) is 27.7 Å². The molecule has 2 saturated heterocycles. The highest BCUT2D eigenvalue weighted by atomic mass is 19.1. The van der Waals surface area contributed by atoms with Crippen molar-refractivity contribution in [3.8, 4) is 5.69 Å². The number of halogens is 2. The van der Waals surface area contributed by atoms with Crippen molar-refractivity contribution in [3.63, 3.8) is 0 Å². The number of carbonyl (C=O) groups excluding carboxylic acids is 2. The maximum absolute atomic E-state index is 13.9. The van der Waals surface area contributed by atoms with E-state index in [4.69, 9.17) is 34.1 Å². The second-order valence-electron chi connectivity index (χ2n) is 16.6. The topological polar surface area (TPSA) is 216 Å². The predicted molar refractivity (Wildman–Crippen MR) is 249 cm³/mol. The first-order chi connectivity index (χ1) is 32.2. The number of esters is 2. The summed E-state index contributed by atoms with van der Waals surface area (Å²) in [4.78, 5) is 45.3. The lowest BCUT2D eigenvalue weighted by molar-refractivity contribution is 0.0510. The van der Waals surface area contributed by atoms with Crippen LogP contribution in [0.25, 0.3) is 27.8 Å². The van der Waals surface area contributed by atoms with Gasteiger partial charge in [0.15, 0.2) is 22.7 Å². The summed E-state index contributed by atoms with van der Waals surface area (Å²) < 4.78 is 49.0. The molecule has 18 nitrogen and oxygen atoms in total. The molecule has 0 unspecified atom stereocenters. The molecule has 6 aromatic rings. The molecular formula is C46H59BF2N10O8. The third-order valence-corrected chi connectivity index (χ3v) is 11.5. The molecule has 2 fully saturated rings. The van der Waals surface area contributed by atoms with Gasteiger partial charge < -0.3 is 38.8 Å². The second kappa shape index (κ2) is 23.0. The van der Waals surface area contributed by atoms with Gasteiger partial charge in [-0.3, -0.25) is 5.10 Å². The number of fused-ring (bicyclic) bond motifs is 2. The number of piperidine rings is 2. The van der Waals surface area contributed by atoms with Crippen molar-refractivity contribution < 1.29 is 47.4 Å². The first-order valence-corrected chi connectivity index (χ1v) is 22.5. The van der Waals surface area contributed by atoms with E-state index < -0.39 is 31.0 Å². The zero-order valence-corrected chi connectivity index (χ0v) is 39.2. The molecule has 6 aromatic heterocycles. The molecule has 0 atom stereocenters. The molecule has 21 heteroatoms. The number of rotatable bonds is 12. The van der Waals surface area contributed by atoms with Crippen LogP contribution in [0, 0.1) is 11.9 Å². The normalized spacial score (nSPS) is 14.5. The lowest BCUT2D eigenvalue weighted by Crippen LogP contribution is -2.37. The van der Waals surface area contributed by atoms with Crippen LogP contribution in [0.4, 0.5) is 20.2 Å². The number of carbonyl (C=O) groups is 2. The van der Waals surface area contributed by atoms with Gasteiger partial charge >= 0.3 is 19.1 Å². The monoisotopic (exact) mass is 928 g/mol. The Morgan fingerprint density at radius 3 is 1.75 bits per heavy atom. The molecule has 8 rings (SSSR count). The minimum absolute atomic E-state index is 0.0935. The summed E-state index contributed by atoms with van der Waals surface area (Å²) in [5.41, 5.74) is 5.93. The Bertz CT molecular complexity index is 2610. The molecule has 8 heterocycles. The molecule has 0 aliphatic carbocycles. The van der Waals surface area contributed by atoms with Crippen molar-refractivity contribution in [1.82, 2.24) is 39.9 Å². The maximum atomic E-state index is 13.9. The van der Waals surface area contributed by atoms with Gasteiger partial charge in [0.25, 0.3) is 0 Å². The number of nitrogens with one attached hydrogen (secondary N) is 1. The van der Waals surface area contributed by atoms with Gasteiger partial charge in [-0.25, -0.2) is 34.2 Å². The van der Waals surface area contributed by atoms with Gasteiger partial charge in [0, 0.05) is 64.6 Å². The molecule has 3 N–H and O–H groups in total. The number of hydrogen-bond acceptors (Lipinski definition) is 16. The Kier molecular flexibility index (Phi) is 17.3. The van der Waals surface area contributed by atoms with Gasteiger partial charge in [-0.15, -0.1) is 0 Å². The smallest absolute Gasteiger partial charge is 0.461 e. The number of pyridine rings is 4. The number of nitrogens with zero attached hydrogens (tertiary/aromatic N) is 9. The van der Waals surface area contributed by atoms with Crippen LogP contribution in [0.15, 0.2) is 48.8 Å². The van der Waals surface area contributed by atoms with Gasteiger partial charge in [-0.2, -0.15) is 19.0 Å². The summed E-state index contributed by atoms with van der Waals surface area (Å²) in [6.45, 7) is 15.8. The second-order valence-corrected chi connectivity index (χ2v) is 16.6. The molecule has 0 saturated carbocycles. The minimum atomic E-state index is -1.63. The van der Waals surface area contributed by atoms with Crippen LogP contribution in [0.1, 0.15) is 111 Å². The fourth-order valence-electron chi connectivity index (χ4n) is 8.04. The Morgan fingerprint density at radius 2 is 1.28 bits per heavy atom. The molecule has 2 aliphatic heterocycles. The number of hydrogen-bond donors (Lipinski definition) is 3. The lowest BCUT2D eigenvalue weighted by atomic mass is 9.81. The van der Waals surface area contributed by atoms with E-state index in [1.165, 1.54) is 24.5 Å². The first-order valence-electron chi connectivity index (χ1n) is 22.5. The Hall–Kier alpha value is -6.16. The zero-order valence-electron chi connectivity index (χ0n) is 39.2. The summed E-state index contributed by atoms with van der Waals surface area (Å²) >= 11 is 0. The van der Waals surface area contributed by atoms with Crippen LogP contribution in [-0.4, -0.2) is 135 Å². The molecule has 0 amide bonds. The van der Waals surface area contributed by atoms with E-state index in [9.17, 15) is 18.4 Å². The van der Waals surface area contributed by atoms with Crippen LogP contribution in [-0.2, 0) is 18.9 Å². The van der Waals surface area contributed by atoms with Gasteiger partial charge in [0.05, 0.1) is 59.0 Å². The van der Waals surface area contributed by atoms with E-state index in [1.807, 2.05) is 6.07 Å². The molecule has 0 spiro atoms.